The lowest BCUT2D eigenvalue weighted by Crippen LogP contribution is -2.44. The zero-order valence-electron chi connectivity index (χ0n) is 12.5. The van der Waals surface area contributed by atoms with E-state index in [-0.39, 0.29) is 24.8 Å². The van der Waals surface area contributed by atoms with Crippen molar-refractivity contribution in [3.8, 4) is 0 Å². The third kappa shape index (κ3) is 7.73. The summed E-state index contributed by atoms with van der Waals surface area (Å²) in [4.78, 5) is 33.9. The maximum absolute atomic E-state index is 11.6. The molecular formula is C13H24N2O5. The Bertz CT molecular complexity index is 349. The maximum Gasteiger partial charge on any atom is 0.328 e. The second-order valence-electron chi connectivity index (χ2n) is 5.52. The van der Waals surface area contributed by atoms with Crippen LogP contribution in [0, 0.1) is 5.41 Å². The van der Waals surface area contributed by atoms with Crippen LogP contribution < -0.4 is 10.6 Å². The Kier molecular flexibility index (Phi) is 7.83. The van der Waals surface area contributed by atoms with Crippen LogP contribution in [0.1, 0.15) is 33.6 Å². The number of carboxylic acid groups (broad SMARTS) is 1. The van der Waals surface area contributed by atoms with Gasteiger partial charge in [0.1, 0.15) is 0 Å². The van der Waals surface area contributed by atoms with Crippen LogP contribution in [0.2, 0.25) is 0 Å². The van der Waals surface area contributed by atoms with Gasteiger partial charge in [-0.1, -0.05) is 20.8 Å². The summed E-state index contributed by atoms with van der Waals surface area (Å²) in [6, 6.07) is -1.04. The monoisotopic (exact) mass is 288 g/mol. The zero-order valence-corrected chi connectivity index (χ0v) is 12.5. The summed E-state index contributed by atoms with van der Waals surface area (Å²) in [7, 11) is 1.37. The van der Waals surface area contributed by atoms with E-state index in [1.165, 1.54) is 7.11 Å². The lowest BCUT2D eigenvalue weighted by Gasteiger charge is -2.17. The highest BCUT2D eigenvalue weighted by Gasteiger charge is 2.21. The Labute approximate surface area is 119 Å². The summed E-state index contributed by atoms with van der Waals surface area (Å²) in [5.74, 6) is -1.60. The maximum atomic E-state index is 11.6. The van der Waals surface area contributed by atoms with Crippen LogP contribution in [0.4, 0.5) is 0 Å². The van der Waals surface area contributed by atoms with Gasteiger partial charge < -0.3 is 20.5 Å². The van der Waals surface area contributed by atoms with Crippen LogP contribution in [-0.2, 0) is 19.1 Å². The van der Waals surface area contributed by atoms with Gasteiger partial charge in [-0.05, 0) is 6.42 Å². The van der Waals surface area contributed by atoms with Gasteiger partial charge in [0, 0.05) is 25.5 Å². The van der Waals surface area contributed by atoms with Crippen molar-refractivity contribution >= 4 is 17.8 Å². The minimum absolute atomic E-state index is 0.0815. The number of rotatable bonds is 8. The highest BCUT2D eigenvalue weighted by atomic mass is 16.5. The molecule has 0 aromatic rings. The van der Waals surface area contributed by atoms with Crippen LogP contribution in [0.3, 0.4) is 0 Å². The standard InChI is InChI=1S/C13H24N2O5/c1-13(2,3)12(19)14-7-5-6-10(16)15-9(8-20-4)11(17)18/h9H,5-8H2,1-4H3,(H,14,19)(H,15,16)(H,17,18). The number of hydrogen-bond acceptors (Lipinski definition) is 4. The minimum Gasteiger partial charge on any atom is -0.480 e. The van der Waals surface area contributed by atoms with Gasteiger partial charge in [0.2, 0.25) is 11.8 Å². The van der Waals surface area contributed by atoms with Crippen molar-refractivity contribution in [1.29, 1.82) is 0 Å². The molecule has 0 bridgehead atoms. The predicted octanol–water partition coefficient (Wildman–Crippen LogP) is 0.145. The summed E-state index contributed by atoms with van der Waals surface area (Å²) in [5.41, 5.74) is -0.463. The van der Waals surface area contributed by atoms with Crippen molar-refractivity contribution in [2.45, 2.75) is 39.7 Å². The molecule has 0 aliphatic carbocycles. The molecule has 0 saturated heterocycles. The first-order chi connectivity index (χ1) is 9.18. The second-order valence-corrected chi connectivity index (χ2v) is 5.52. The summed E-state index contributed by atoms with van der Waals surface area (Å²) in [6.45, 7) is 5.71. The first-order valence-electron chi connectivity index (χ1n) is 6.48. The topological polar surface area (TPSA) is 105 Å². The lowest BCUT2D eigenvalue weighted by molar-refractivity contribution is -0.143. The fraction of sp³-hybridized carbons (Fsp3) is 0.769. The molecule has 20 heavy (non-hydrogen) atoms. The average molecular weight is 288 g/mol. The van der Waals surface area contributed by atoms with Crippen LogP contribution >= 0.6 is 0 Å². The highest BCUT2D eigenvalue weighted by Crippen LogP contribution is 2.12. The third-order valence-electron chi connectivity index (χ3n) is 2.51. The molecule has 0 aliphatic rings. The van der Waals surface area contributed by atoms with E-state index < -0.39 is 17.4 Å². The van der Waals surface area contributed by atoms with Crippen molar-refractivity contribution in [2.24, 2.45) is 5.41 Å². The first-order valence-corrected chi connectivity index (χ1v) is 6.48. The molecular weight excluding hydrogens is 264 g/mol. The van der Waals surface area contributed by atoms with Gasteiger partial charge in [-0.2, -0.15) is 0 Å². The van der Waals surface area contributed by atoms with Gasteiger partial charge in [-0.25, -0.2) is 4.79 Å². The summed E-state index contributed by atoms with van der Waals surface area (Å²) < 4.78 is 4.71. The van der Waals surface area contributed by atoms with Gasteiger partial charge in [-0.15, -0.1) is 0 Å². The molecule has 0 spiro atoms. The van der Waals surface area contributed by atoms with E-state index in [2.05, 4.69) is 10.6 Å². The Balaban J connectivity index is 3.94. The molecule has 7 nitrogen and oxygen atoms in total. The van der Waals surface area contributed by atoms with Crippen molar-refractivity contribution in [3.05, 3.63) is 0 Å². The normalized spacial score (nSPS) is 12.6. The van der Waals surface area contributed by atoms with E-state index >= 15 is 0 Å². The van der Waals surface area contributed by atoms with Crippen molar-refractivity contribution in [1.82, 2.24) is 10.6 Å². The molecule has 3 N–H and O–H groups in total. The number of ether oxygens (including phenoxy) is 1. The number of nitrogens with one attached hydrogen (secondary N) is 2. The first kappa shape index (κ1) is 18.4. The fourth-order valence-electron chi connectivity index (χ4n) is 1.32. The van der Waals surface area contributed by atoms with Crippen LogP contribution in [0.15, 0.2) is 0 Å². The minimum atomic E-state index is -1.14. The van der Waals surface area contributed by atoms with E-state index in [0.29, 0.717) is 13.0 Å². The molecule has 0 rings (SSSR count). The molecule has 0 aromatic carbocycles. The van der Waals surface area contributed by atoms with Crippen molar-refractivity contribution in [3.63, 3.8) is 0 Å². The SMILES string of the molecule is COCC(NC(=O)CCCNC(=O)C(C)(C)C)C(=O)O. The number of hydrogen-bond donors (Lipinski definition) is 3. The number of carbonyl (C=O) groups excluding carboxylic acids is 2. The molecule has 0 saturated carbocycles. The van der Waals surface area contributed by atoms with Gasteiger partial charge in [0.25, 0.3) is 0 Å². The average Bonchev–Trinajstić information content (AvgIpc) is 2.32. The number of carbonyl (C=O) groups is 3. The Morgan fingerprint density at radius 3 is 2.30 bits per heavy atom. The van der Waals surface area contributed by atoms with Crippen LogP contribution in [-0.4, -0.2) is 49.2 Å². The Hall–Kier alpha value is -1.63. The van der Waals surface area contributed by atoms with E-state index in [1.807, 2.05) is 0 Å². The predicted molar refractivity (Wildman–Crippen MR) is 73.1 cm³/mol. The zero-order chi connectivity index (χ0) is 15.8. The Morgan fingerprint density at radius 2 is 1.85 bits per heavy atom. The van der Waals surface area contributed by atoms with Gasteiger partial charge in [0.05, 0.1) is 6.61 Å². The van der Waals surface area contributed by atoms with Crippen LogP contribution in [0.25, 0.3) is 0 Å². The molecule has 1 unspecified atom stereocenters. The second kappa shape index (κ2) is 8.52. The van der Waals surface area contributed by atoms with Gasteiger partial charge >= 0.3 is 5.97 Å². The number of amides is 2. The molecule has 116 valence electrons. The number of carboxylic acids is 1. The molecule has 0 fully saturated rings. The quantitative estimate of drug-likeness (QED) is 0.551. The number of aliphatic carboxylic acids is 1. The lowest BCUT2D eigenvalue weighted by atomic mass is 9.96. The smallest absolute Gasteiger partial charge is 0.328 e. The third-order valence-corrected chi connectivity index (χ3v) is 2.51. The molecule has 2 amide bonds. The molecule has 1 atom stereocenters. The van der Waals surface area contributed by atoms with E-state index in [0.717, 1.165) is 0 Å². The molecule has 0 radical (unpaired) electrons. The molecule has 0 aliphatic heterocycles. The summed E-state index contributed by atoms with van der Waals surface area (Å²) in [6.07, 6.45) is 0.602. The number of methoxy groups -OCH3 is 1. The van der Waals surface area contributed by atoms with Crippen molar-refractivity contribution in [2.75, 3.05) is 20.3 Å². The van der Waals surface area contributed by atoms with E-state index in [1.54, 1.807) is 20.8 Å². The van der Waals surface area contributed by atoms with Gasteiger partial charge in [-0.3, -0.25) is 9.59 Å². The largest absolute Gasteiger partial charge is 0.480 e. The van der Waals surface area contributed by atoms with E-state index in [4.69, 9.17) is 9.84 Å². The van der Waals surface area contributed by atoms with Gasteiger partial charge in [0.15, 0.2) is 6.04 Å². The fourth-order valence-corrected chi connectivity index (χ4v) is 1.32. The van der Waals surface area contributed by atoms with Crippen LogP contribution in [0.5, 0.6) is 0 Å². The Morgan fingerprint density at radius 1 is 1.25 bits per heavy atom. The molecule has 0 heterocycles. The highest BCUT2D eigenvalue weighted by molar-refractivity contribution is 5.84. The molecule has 0 aromatic heterocycles. The summed E-state index contributed by atoms with van der Waals surface area (Å²) >= 11 is 0. The van der Waals surface area contributed by atoms with E-state index in [9.17, 15) is 14.4 Å². The molecule has 7 heteroatoms. The summed E-state index contributed by atoms with van der Waals surface area (Å²) in [5, 5.41) is 13.9. The van der Waals surface area contributed by atoms with Crippen molar-refractivity contribution < 1.29 is 24.2 Å².